The van der Waals surface area contributed by atoms with Crippen molar-refractivity contribution in [2.45, 2.75) is 32.7 Å². The molecule has 1 aromatic heterocycles. The van der Waals surface area contributed by atoms with Gasteiger partial charge in [0.2, 0.25) is 5.91 Å². The number of thiazole rings is 1. The number of carbonyl (C=O) groups is 1. The Hall–Kier alpha value is -2.53. The minimum Gasteiger partial charge on any atom is -0.354 e. The van der Waals surface area contributed by atoms with Crippen LogP contribution in [-0.2, 0) is 11.2 Å². The number of benzene rings is 2. The topological polar surface area (TPSA) is 42.0 Å². The summed E-state index contributed by atoms with van der Waals surface area (Å²) in [6.07, 6.45) is 1.81. The number of carbonyl (C=O) groups excluding carboxylic acids is 1. The van der Waals surface area contributed by atoms with Gasteiger partial charge in [-0.1, -0.05) is 36.4 Å². The molecule has 0 aliphatic carbocycles. The monoisotopic (exact) mass is 368 g/mol. The molecule has 0 unspecified atom stereocenters. The van der Waals surface area contributed by atoms with Crippen molar-refractivity contribution in [3.8, 4) is 21.8 Å². The Morgan fingerprint density at radius 1 is 1.19 bits per heavy atom. The van der Waals surface area contributed by atoms with Crippen molar-refractivity contribution in [1.82, 2.24) is 10.3 Å². The van der Waals surface area contributed by atoms with Gasteiger partial charge in [0, 0.05) is 29.5 Å². The highest BCUT2D eigenvalue weighted by molar-refractivity contribution is 7.13. The third-order valence-corrected chi connectivity index (χ3v) is 5.03. The molecule has 0 spiro atoms. The second-order valence-electron chi connectivity index (χ2n) is 6.39. The van der Waals surface area contributed by atoms with Crippen LogP contribution in [0.15, 0.2) is 53.9 Å². The van der Waals surface area contributed by atoms with E-state index in [1.54, 1.807) is 6.07 Å². The van der Waals surface area contributed by atoms with Gasteiger partial charge < -0.3 is 5.32 Å². The first-order valence-electron chi connectivity index (χ1n) is 8.59. The van der Waals surface area contributed by atoms with E-state index in [2.05, 4.69) is 34.6 Å². The summed E-state index contributed by atoms with van der Waals surface area (Å²) in [5, 5.41) is 5.71. The van der Waals surface area contributed by atoms with Crippen molar-refractivity contribution in [3.05, 3.63) is 65.3 Å². The fourth-order valence-corrected chi connectivity index (χ4v) is 3.63. The fourth-order valence-electron chi connectivity index (χ4n) is 2.80. The van der Waals surface area contributed by atoms with Crippen LogP contribution in [0.25, 0.3) is 21.8 Å². The summed E-state index contributed by atoms with van der Waals surface area (Å²) in [5.74, 6) is -0.248. The molecule has 3 aromatic rings. The number of rotatable bonds is 6. The van der Waals surface area contributed by atoms with Crippen molar-refractivity contribution in [2.24, 2.45) is 0 Å². The average Bonchev–Trinajstić information content (AvgIpc) is 3.10. The molecule has 1 heterocycles. The van der Waals surface area contributed by atoms with Crippen LogP contribution in [-0.4, -0.2) is 16.9 Å². The highest BCUT2D eigenvalue weighted by Gasteiger charge is 2.08. The lowest BCUT2D eigenvalue weighted by Gasteiger charge is -2.12. The van der Waals surface area contributed by atoms with E-state index < -0.39 is 0 Å². The number of halogens is 1. The zero-order valence-electron chi connectivity index (χ0n) is 14.8. The fraction of sp³-hybridized carbons (Fsp3) is 0.238. The first kappa shape index (κ1) is 18.3. The second-order valence-corrected chi connectivity index (χ2v) is 7.24. The van der Waals surface area contributed by atoms with E-state index >= 15 is 0 Å². The highest BCUT2D eigenvalue weighted by atomic mass is 32.1. The normalized spacial score (nSPS) is 12.0. The first-order chi connectivity index (χ1) is 12.5. The number of nitrogens with one attached hydrogen (secondary N) is 1. The van der Waals surface area contributed by atoms with Crippen molar-refractivity contribution in [1.29, 1.82) is 0 Å². The quantitative estimate of drug-likeness (QED) is 0.660. The smallest absolute Gasteiger partial charge is 0.217 e. The molecule has 0 aliphatic heterocycles. The summed E-state index contributed by atoms with van der Waals surface area (Å²) in [6.45, 7) is 3.55. The van der Waals surface area contributed by atoms with Crippen molar-refractivity contribution >= 4 is 17.2 Å². The Kier molecular flexibility index (Phi) is 5.78. The lowest BCUT2D eigenvalue weighted by molar-refractivity contribution is -0.119. The largest absolute Gasteiger partial charge is 0.354 e. The highest BCUT2D eigenvalue weighted by Crippen LogP contribution is 2.29. The Balaban J connectivity index is 1.66. The summed E-state index contributed by atoms with van der Waals surface area (Å²) in [6, 6.07) is 15.0. The van der Waals surface area contributed by atoms with Crippen LogP contribution in [0.2, 0.25) is 0 Å². The lowest BCUT2D eigenvalue weighted by Crippen LogP contribution is -2.30. The summed E-state index contributed by atoms with van der Waals surface area (Å²) in [4.78, 5) is 15.7. The van der Waals surface area contributed by atoms with Crippen molar-refractivity contribution < 1.29 is 9.18 Å². The molecule has 0 saturated carbocycles. The van der Waals surface area contributed by atoms with Crippen LogP contribution < -0.4 is 5.32 Å². The Labute approximate surface area is 156 Å². The zero-order chi connectivity index (χ0) is 18.5. The molecule has 2 aromatic carbocycles. The van der Waals surface area contributed by atoms with Gasteiger partial charge in [0.05, 0.1) is 5.69 Å². The number of hydrogen-bond donors (Lipinski definition) is 1. The molecular weight excluding hydrogens is 347 g/mol. The molecule has 0 fully saturated rings. The molecule has 134 valence electrons. The van der Waals surface area contributed by atoms with Crippen LogP contribution in [0.5, 0.6) is 0 Å². The molecule has 1 atom stereocenters. The molecule has 1 N–H and O–H groups in total. The second kappa shape index (κ2) is 8.23. The van der Waals surface area contributed by atoms with Crippen molar-refractivity contribution in [2.75, 3.05) is 0 Å². The number of amides is 1. The molecule has 3 rings (SSSR count). The number of nitrogens with zero attached hydrogens (tertiary/aromatic N) is 1. The molecule has 3 nitrogen and oxygen atoms in total. The van der Waals surface area contributed by atoms with Gasteiger partial charge in [-0.15, -0.1) is 11.3 Å². The van der Waals surface area contributed by atoms with Gasteiger partial charge in [-0.25, -0.2) is 9.37 Å². The summed E-state index contributed by atoms with van der Waals surface area (Å²) in [7, 11) is 0. The number of aryl methyl sites for hydroxylation is 1. The van der Waals surface area contributed by atoms with E-state index in [-0.39, 0.29) is 17.8 Å². The zero-order valence-corrected chi connectivity index (χ0v) is 15.6. The van der Waals surface area contributed by atoms with Crippen LogP contribution in [0.3, 0.4) is 0 Å². The predicted molar refractivity (Wildman–Crippen MR) is 105 cm³/mol. The van der Waals surface area contributed by atoms with E-state index in [1.807, 2.05) is 18.4 Å². The van der Waals surface area contributed by atoms with E-state index in [0.29, 0.717) is 0 Å². The first-order valence-corrected chi connectivity index (χ1v) is 9.47. The molecule has 0 bridgehead atoms. The molecule has 1 amide bonds. The summed E-state index contributed by atoms with van der Waals surface area (Å²) in [5.41, 5.74) is 3.96. The maximum Gasteiger partial charge on any atom is 0.217 e. The maximum absolute atomic E-state index is 13.4. The van der Waals surface area contributed by atoms with Crippen LogP contribution in [0.4, 0.5) is 4.39 Å². The summed E-state index contributed by atoms with van der Waals surface area (Å²) < 4.78 is 13.4. The molecule has 0 aliphatic rings. The molecular formula is C21H21FN2OS. The van der Waals surface area contributed by atoms with Crippen molar-refractivity contribution in [3.63, 3.8) is 0 Å². The molecule has 0 radical (unpaired) electrons. The molecule has 5 heteroatoms. The van der Waals surface area contributed by atoms with Gasteiger partial charge in [0.25, 0.3) is 0 Å². The number of hydrogen-bond acceptors (Lipinski definition) is 3. The molecule has 26 heavy (non-hydrogen) atoms. The SMILES string of the molecule is CC(=O)N[C@H](C)CCc1ccc(-c2csc(-c3cccc(F)c3)n2)cc1. The van der Waals surface area contributed by atoms with Crippen LogP contribution in [0, 0.1) is 5.82 Å². The van der Waals surface area contributed by atoms with Gasteiger partial charge in [-0.3, -0.25) is 4.79 Å². The standard InChI is InChI=1S/C21H21FN2OS/c1-14(23-15(2)25)6-7-16-8-10-17(11-9-16)20-13-26-21(24-20)18-4-3-5-19(22)12-18/h3-5,8-14H,6-7H2,1-2H3,(H,23,25)/t14-/m1/s1. The molecule has 0 saturated heterocycles. The van der Waals surface area contributed by atoms with Gasteiger partial charge in [-0.05, 0) is 37.5 Å². The maximum atomic E-state index is 13.4. The lowest BCUT2D eigenvalue weighted by atomic mass is 10.0. The van der Waals surface area contributed by atoms with E-state index in [1.165, 1.54) is 36.0 Å². The van der Waals surface area contributed by atoms with Gasteiger partial charge in [0.1, 0.15) is 10.8 Å². The average molecular weight is 368 g/mol. The predicted octanol–water partition coefficient (Wildman–Crippen LogP) is 5.07. The van der Waals surface area contributed by atoms with E-state index in [4.69, 9.17) is 0 Å². The minimum absolute atomic E-state index is 0.00508. The Morgan fingerprint density at radius 3 is 2.65 bits per heavy atom. The van der Waals surface area contributed by atoms with E-state index in [0.717, 1.165) is 34.7 Å². The summed E-state index contributed by atoms with van der Waals surface area (Å²) >= 11 is 1.51. The van der Waals surface area contributed by atoms with Gasteiger partial charge in [-0.2, -0.15) is 0 Å². The van der Waals surface area contributed by atoms with Crippen LogP contribution >= 0.6 is 11.3 Å². The minimum atomic E-state index is -0.253. The Morgan fingerprint density at radius 2 is 1.96 bits per heavy atom. The third kappa shape index (κ3) is 4.76. The van der Waals surface area contributed by atoms with Gasteiger partial charge >= 0.3 is 0 Å². The van der Waals surface area contributed by atoms with Gasteiger partial charge in [0.15, 0.2) is 0 Å². The third-order valence-electron chi connectivity index (χ3n) is 4.14. The Bertz CT molecular complexity index is 889. The van der Waals surface area contributed by atoms with E-state index in [9.17, 15) is 9.18 Å². The van der Waals surface area contributed by atoms with Crippen LogP contribution in [0.1, 0.15) is 25.8 Å². The number of aromatic nitrogens is 1.